The van der Waals surface area contributed by atoms with Crippen molar-refractivity contribution < 1.29 is 14.3 Å². The molecule has 1 N–H and O–H groups in total. The monoisotopic (exact) mass is 313 g/mol. The summed E-state index contributed by atoms with van der Waals surface area (Å²) in [6, 6.07) is 6.80. The average Bonchev–Trinajstić information content (AvgIpc) is 2.52. The molecule has 0 unspecified atom stereocenters. The van der Waals surface area contributed by atoms with Gasteiger partial charge >= 0.3 is 5.97 Å². The van der Waals surface area contributed by atoms with Gasteiger partial charge in [-0.25, -0.2) is 4.39 Å². The van der Waals surface area contributed by atoms with Gasteiger partial charge in [0.2, 0.25) is 0 Å². The van der Waals surface area contributed by atoms with Crippen molar-refractivity contribution in [2.24, 2.45) is 11.3 Å². The minimum absolute atomic E-state index is 0.137. The first-order valence-electron chi connectivity index (χ1n) is 8.33. The molecule has 0 bridgehead atoms. The van der Waals surface area contributed by atoms with E-state index in [0.717, 1.165) is 49.4 Å². The van der Waals surface area contributed by atoms with E-state index in [2.05, 4.69) is 4.98 Å². The molecule has 2 aromatic rings. The van der Waals surface area contributed by atoms with Crippen molar-refractivity contribution in [3.8, 4) is 0 Å². The average molecular weight is 313 g/mol. The van der Waals surface area contributed by atoms with Crippen molar-refractivity contribution in [3.05, 3.63) is 41.8 Å². The third-order valence-electron chi connectivity index (χ3n) is 5.93. The van der Waals surface area contributed by atoms with E-state index in [0.29, 0.717) is 5.92 Å². The number of hydrogen-bond donors (Lipinski definition) is 1. The first-order valence-corrected chi connectivity index (χ1v) is 8.33. The molecule has 1 spiro atoms. The number of carboxylic acids is 1. The highest BCUT2D eigenvalue weighted by Gasteiger charge is 2.48. The summed E-state index contributed by atoms with van der Waals surface area (Å²) in [6.45, 7) is 0. The van der Waals surface area contributed by atoms with Gasteiger partial charge in [-0.1, -0.05) is 0 Å². The summed E-state index contributed by atoms with van der Waals surface area (Å²) in [5.74, 6) is -0.574. The van der Waals surface area contributed by atoms with Gasteiger partial charge in [0.05, 0.1) is 11.4 Å². The van der Waals surface area contributed by atoms with Crippen LogP contribution < -0.4 is 0 Å². The molecule has 3 nitrogen and oxygen atoms in total. The van der Waals surface area contributed by atoms with Crippen molar-refractivity contribution >= 4 is 16.9 Å². The van der Waals surface area contributed by atoms with Crippen LogP contribution in [0.2, 0.25) is 0 Å². The zero-order valence-corrected chi connectivity index (χ0v) is 13.0. The van der Waals surface area contributed by atoms with Crippen LogP contribution in [0.3, 0.4) is 0 Å². The number of hydrogen-bond acceptors (Lipinski definition) is 2. The lowest BCUT2D eigenvalue weighted by molar-refractivity contribution is -0.151. The Balaban J connectivity index is 1.53. The third-order valence-corrected chi connectivity index (χ3v) is 5.93. The first kappa shape index (κ1) is 14.6. The minimum atomic E-state index is -0.645. The Bertz CT molecular complexity index is 757. The second-order valence-electron chi connectivity index (χ2n) is 7.28. The number of aliphatic carboxylic acids is 1. The van der Waals surface area contributed by atoms with E-state index in [1.807, 2.05) is 12.3 Å². The summed E-state index contributed by atoms with van der Waals surface area (Å²) in [5, 5.41) is 10.0. The minimum Gasteiger partial charge on any atom is -0.481 e. The SMILES string of the molecule is O=C(O)C1CC2(CCC(c3ccnc4ccc(F)cc34)CC2)C1. The predicted octanol–water partition coefficient (Wildman–Crippen LogP) is 4.51. The first-order chi connectivity index (χ1) is 11.1. The van der Waals surface area contributed by atoms with Gasteiger partial charge in [0.1, 0.15) is 5.82 Å². The summed E-state index contributed by atoms with van der Waals surface area (Å²) in [5.41, 5.74) is 2.30. The molecule has 0 saturated heterocycles. The van der Waals surface area contributed by atoms with Crippen LogP contribution >= 0.6 is 0 Å². The van der Waals surface area contributed by atoms with E-state index in [1.165, 1.54) is 11.6 Å². The standard InChI is InChI=1S/C19H20FNO2/c20-14-1-2-17-16(9-14)15(5-8-21-17)12-3-6-19(7-4-12)10-13(11-19)18(22)23/h1-2,5,8-9,12-13H,3-4,6-7,10-11H2,(H,22,23). The van der Waals surface area contributed by atoms with Crippen LogP contribution in [0.15, 0.2) is 30.5 Å². The summed E-state index contributed by atoms with van der Waals surface area (Å²) < 4.78 is 13.6. The van der Waals surface area contributed by atoms with Gasteiger partial charge in [-0.15, -0.1) is 0 Å². The van der Waals surface area contributed by atoms with Crippen LogP contribution in [0.4, 0.5) is 4.39 Å². The number of carbonyl (C=O) groups is 1. The molecular weight excluding hydrogens is 293 g/mol. The molecule has 1 aromatic heterocycles. The van der Waals surface area contributed by atoms with Gasteiger partial charge in [-0.3, -0.25) is 9.78 Å². The Morgan fingerprint density at radius 3 is 2.65 bits per heavy atom. The highest BCUT2D eigenvalue weighted by molar-refractivity contribution is 5.82. The van der Waals surface area contributed by atoms with Gasteiger partial charge in [-0.05, 0) is 79.7 Å². The molecule has 0 amide bonds. The van der Waals surface area contributed by atoms with Crippen molar-refractivity contribution in [1.29, 1.82) is 0 Å². The third kappa shape index (κ3) is 2.50. The van der Waals surface area contributed by atoms with Gasteiger partial charge < -0.3 is 5.11 Å². The quantitative estimate of drug-likeness (QED) is 0.887. The predicted molar refractivity (Wildman–Crippen MR) is 85.7 cm³/mol. The smallest absolute Gasteiger partial charge is 0.306 e. The van der Waals surface area contributed by atoms with Crippen molar-refractivity contribution in [2.45, 2.75) is 44.4 Å². The molecule has 1 heterocycles. The highest BCUT2D eigenvalue weighted by atomic mass is 19.1. The van der Waals surface area contributed by atoms with Gasteiger partial charge in [0.25, 0.3) is 0 Å². The molecule has 4 heteroatoms. The fraction of sp³-hybridized carbons (Fsp3) is 0.474. The maximum absolute atomic E-state index is 13.6. The van der Waals surface area contributed by atoms with Crippen LogP contribution in [0.5, 0.6) is 0 Å². The van der Waals surface area contributed by atoms with Crippen molar-refractivity contribution in [2.75, 3.05) is 0 Å². The van der Waals surface area contributed by atoms with E-state index in [9.17, 15) is 9.18 Å². The Kier molecular flexibility index (Phi) is 3.36. The number of fused-ring (bicyclic) bond motifs is 1. The molecule has 1 aromatic carbocycles. The number of aromatic nitrogens is 1. The zero-order chi connectivity index (χ0) is 16.0. The van der Waals surface area contributed by atoms with E-state index in [-0.39, 0.29) is 17.2 Å². The number of carboxylic acid groups (broad SMARTS) is 1. The molecule has 2 saturated carbocycles. The van der Waals surface area contributed by atoms with Gasteiger partial charge in [-0.2, -0.15) is 0 Å². The Labute approximate surface area is 134 Å². The van der Waals surface area contributed by atoms with E-state index >= 15 is 0 Å². The largest absolute Gasteiger partial charge is 0.481 e. The van der Waals surface area contributed by atoms with Crippen LogP contribution in [0.25, 0.3) is 10.9 Å². The van der Waals surface area contributed by atoms with E-state index in [1.54, 1.807) is 12.1 Å². The zero-order valence-electron chi connectivity index (χ0n) is 13.0. The summed E-state index contributed by atoms with van der Waals surface area (Å²) >= 11 is 0. The fourth-order valence-electron chi connectivity index (χ4n) is 4.61. The van der Waals surface area contributed by atoms with Gasteiger partial charge in [0.15, 0.2) is 0 Å². The lowest BCUT2D eigenvalue weighted by atomic mass is 9.54. The second-order valence-corrected chi connectivity index (χ2v) is 7.28. The lowest BCUT2D eigenvalue weighted by Gasteiger charge is -2.50. The van der Waals surface area contributed by atoms with Crippen molar-refractivity contribution in [3.63, 3.8) is 0 Å². The molecule has 2 aliphatic rings. The fourth-order valence-corrected chi connectivity index (χ4v) is 4.61. The van der Waals surface area contributed by atoms with E-state index < -0.39 is 5.97 Å². The maximum atomic E-state index is 13.6. The molecule has 2 aliphatic carbocycles. The van der Waals surface area contributed by atoms with Gasteiger partial charge in [0, 0.05) is 11.6 Å². The van der Waals surface area contributed by atoms with Crippen LogP contribution in [0.1, 0.15) is 50.0 Å². The number of rotatable bonds is 2. The summed E-state index contributed by atoms with van der Waals surface area (Å²) in [6.07, 6.45) is 7.76. The highest BCUT2D eigenvalue weighted by Crippen LogP contribution is 2.57. The Morgan fingerprint density at radius 2 is 1.96 bits per heavy atom. The van der Waals surface area contributed by atoms with E-state index in [4.69, 9.17) is 5.11 Å². The Hall–Kier alpha value is -1.97. The maximum Gasteiger partial charge on any atom is 0.306 e. The molecule has 23 heavy (non-hydrogen) atoms. The molecule has 4 rings (SSSR count). The molecule has 2 fully saturated rings. The topological polar surface area (TPSA) is 50.2 Å². The Morgan fingerprint density at radius 1 is 1.22 bits per heavy atom. The molecule has 0 aliphatic heterocycles. The van der Waals surface area contributed by atoms with Crippen LogP contribution in [-0.2, 0) is 4.79 Å². The molecule has 0 atom stereocenters. The number of nitrogens with zero attached hydrogens (tertiary/aromatic N) is 1. The number of benzene rings is 1. The van der Waals surface area contributed by atoms with Crippen LogP contribution in [-0.4, -0.2) is 16.1 Å². The number of halogens is 1. The summed E-state index contributed by atoms with van der Waals surface area (Å²) in [4.78, 5) is 15.4. The van der Waals surface area contributed by atoms with Crippen molar-refractivity contribution in [1.82, 2.24) is 4.98 Å². The second kappa shape index (κ2) is 5.29. The van der Waals surface area contributed by atoms with Crippen LogP contribution in [0, 0.1) is 17.2 Å². The molecular formula is C19H20FNO2. The summed E-state index contributed by atoms with van der Waals surface area (Å²) in [7, 11) is 0. The molecule has 0 radical (unpaired) electrons. The number of pyridine rings is 1. The molecule has 120 valence electrons. The normalized spacial score (nSPS) is 30.3. The lowest BCUT2D eigenvalue weighted by Crippen LogP contribution is -2.43.